The Morgan fingerprint density at radius 2 is 2.00 bits per heavy atom. The van der Waals surface area contributed by atoms with E-state index in [9.17, 15) is 8.42 Å². The molecule has 1 aromatic rings. The summed E-state index contributed by atoms with van der Waals surface area (Å²) in [5.74, 6) is 0.544. The number of nitrogens with two attached hydrogens (primary N) is 1. The highest BCUT2D eigenvalue weighted by atomic mass is 79.9. The van der Waals surface area contributed by atoms with Gasteiger partial charge >= 0.3 is 0 Å². The van der Waals surface area contributed by atoms with E-state index in [0.29, 0.717) is 21.3 Å². The molecular weight excluding hydrogens is 402 g/mol. The predicted molar refractivity (Wildman–Crippen MR) is 77.7 cm³/mol. The van der Waals surface area contributed by atoms with Gasteiger partial charge in [-0.25, -0.2) is 13.6 Å². The van der Waals surface area contributed by atoms with Gasteiger partial charge < -0.3 is 9.47 Å². The molecule has 0 aromatic heterocycles. The van der Waals surface area contributed by atoms with Gasteiger partial charge in [0.05, 0.1) is 19.9 Å². The molecule has 0 bridgehead atoms. The van der Waals surface area contributed by atoms with Crippen molar-refractivity contribution in [2.45, 2.75) is 23.8 Å². The summed E-state index contributed by atoms with van der Waals surface area (Å²) in [6.07, 6.45) is 2.11. The van der Waals surface area contributed by atoms with E-state index in [2.05, 4.69) is 31.9 Å². The number of ether oxygens (including phenoxy) is 2. The second kappa shape index (κ2) is 6.09. The first-order valence-corrected chi connectivity index (χ1v) is 8.77. The Kier molecular flexibility index (Phi) is 4.88. The van der Waals surface area contributed by atoms with Crippen LogP contribution in [0.2, 0.25) is 0 Å². The molecule has 0 aliphatic carbocycles. The van der Waals surface area contributed by atoms with Crippen molar-refractivity contribution in [3.8, 4) is 5.75 Å². The molecule has 8 heteroatoms. The van der Waals surface area contributed by atoms with E-state index in [0.717, 1.165) is 19.4 Å². The van der Waals surface area contributed by atoms with E-state index in [1.165, 1.54) is 12.1 Å². The van der Waals surface area contributed by atoms with Gasteiger partial charge in [-0.05, 0) is 56.8 Å². The molecule has 19 heavy (non-hydrogen) atoms. The van der Waals surface area contributed by atoms with Gasteiger partial charge in [0.2, 0.25) is 10.0 Å². The summed E-state index contributed by atoms with van der Waals surface area (Å²) in [6, 6.07) is 2.84. The highest BCUT2D eigenvalue weighted by molar-refractivity contribution is 9.11. The average Bonchev–Trinajstić information content (AvgIpc) is 2.79. The zero-order chi connectivity index (χ0) is 14.0. The molecule has 1 heterocycles. The number of halogens is 2. The van der Waals surface area contributed by atoms with Crippen LogP contribution in [0, 0.1) is 0 Å². The van der Waals surface area contributed by atoms with Gasteiger partial charge in [0.1, 0.15) is 12.4 Å². The molecule has 1 unspecified atom stereocenters. The molecule has 0 radical (unpaired) electrons. The van der Waals surface area contributed by atoms with E-state index in [1.807, 2.05) is 0 Å². The molecule has 1 fully saturated rings. The van der Waals surface area contributed by atoms with E-state index < -0.39 is 10.0 Å². The zero-order valence-electron chi connectivity index (χ0n) is 9.93. The number of benzene rings is 1. The Morgan fingerprint density at radius 3 is 2.47 bits per heavy atom. The predicted octanol–water partition coefficient (Wildman–Crippen LogP) is 2.42. The maximum Gasteiger partial charge on any atom is 0.238 e. The van der Waals surface area contributed by atoms with Crippen molar-refractivity contribution in [3.63, 3.8) is 0 Å². The minimum Gasteiger partial charge on any atom is -0.489 e. The Hall–Kier alpha value is -0.150. The lowest BCUT2D eigenvalue weighted by Crippen LogP contribution is -2.17. The molecule has 1 saturated heterocycles. The topological polar surface area (TPSA) is 78.6 Å². The maximum atomic E-state index is 11.3. The highest BCUT2D eigenvalue weighted by Crippen LogP contribution is 2.36. The van der Waals surface area contributed by atoms with Crippen LogP contribution in [0.1, 0.15) is 12.8 Å². The number of primary sulfonamides is 1. The maximum absolute atomic E-state index is 11.3. The van der Waals surface area contributed by atoms with Crippen LogP contribution in [-0.2, 0) is 14.8 Å². The molecule has 5 nitrogen and oxygen atoms in total. The summed E-state index contributed by atoms with van der Waals surface area (Å²) in [6.45, 7) is 1.20. The van der Waals surface area contributed by atoms with Crippen LogP contribution >= 0.6 is 31.9 Å². The molecule has 0 spiro atoms. The summed E-state index contributed by atoms with van der Waals surface area (Å²) in [7, 11) is -3.74. The Labute approximate surface area is 128 Å². The van der Waals surface area contributed by atoms with Gasteiger partial charge in [0, 0.05) is 6.61 Å². The van der Waals surface area contributed by atoms with Crippen LogP contribution in [-0.4, -0.2) is 27.7 Å². The lowest BCUT2D eigenvalue weighted by Gasteiger charge is -2.14. The summed E-state index contributed by atoms with van der Waals surface area (Å²) in [5, 5.41) is 5.09. The van der Waals surface area contributed by atoms with E-state index in [1.54, 1.807) is 0 Å². The van der Waals surface area contributed by atoms with E-state index >= 15 is 0 Å². The second-order valence-electron chi connectivity index (χ2n) is 4.21. The minimum atomic E-state index is -3.74. The van der Waals surface area contributed by atoms with Gasteiger partial charge in [-0.2, -0.15) is 0 Å². The zero-order valence-corrected chi connectivity index (χ0v) is 13.9. The van der Waals surface area contributed by atoms with E-state index in [4.69, 9.17) is 14.6 Å². The summed E-state index contributed by atoms with van der Waals surface area (Å²) in [4.78, 5) is 0.0238. The lowest BCUT2D eigenvalue weighted by atomic mass is 10.2. The van der Waals surface area contributed by atoms with Crippen molar-refractivity contribution >= 4 is 41.9 Å². The van der Waals surface area contributed by atoms with E-state index in [-0.39, 0.29) is 11.0 Å². The van der Waals surface area contributed by atoms with Gasteiger partial charge in [0.15, 0.2) is 0 Å². The summed E-state index contributed by atoms with van der Waals surface area (Å²) in [5.41, 5.74) is 0. The molecule has 0 saturated carbocycles. The minimum absolute atomic E-state index is 0.0238. The fourth-order valence-electron chi connectivity index (χ4n) is 1.79. The van der Waals surface area contributed by atoms with Crippen LogP contribution in [0.3, 0.4) is 0 Å². The lowest BCUT2D eigenvalue weighted by molar-refractivity contribution is 0.0674. The number of rotatable bonds is 4. The highest BCUT2D eigenvalue weighted by Gasteiger charge is 2.19. The van der Waals surface area contributed by atoms with Crippen LogP contribution < -0.4 is 9.88 Å². The molecule has 106 valence electrons. The van der Waals surface area contributed by atoms with Crippen LogP contribution in [0.4, 0.5) is 0 Å². The van der Waals surface area contributed by atoms with Crippen molar-refractivity contribution in [2.75, 3.05) is 13.2 Å². The van der Waals surface area contributed by atoms with Crippen molar-refractivity contribution in [2.24, 2.45) is 5.14 Å². The molecule has 1 aromatic carbocycles. The van der Waals surface area contributed by atoms with Crippen molar-refractivity contribution in [1.82, 2.24) is 0 Å². The first-order chi connectivity index (χ1) is 8.88. The van der Waals surface area contributed by atoms with Crippen molar-refractivity contribution in [3.05, 3.63) is 21.1 Å². The first-order valence-electron chi connectivity index (χ1n) is 5.64. The number of sulfonamides is 1. The van der Waals surface area contributed by atoms with Gasteiger partial charge in [-0.1, -0.05) is 0 Å². The summed E-state index contributed by atoms with van der Waals surface area (Å²) >= 11 is 6.57. The molecule has 1 aliphatic rings. The monoisotopic (exact) mass is 413 g/mol. The normalized spacial score (nSPS) is 19.6. The summed E-state index contributed by atoms with van der Waals surface area (Å²) < 4.78 is 34.8. The molecule has 1 atom stereocenters. The average molecular weight is 415 g/mol. The largest absolute Gasteiger partial charge is 0.489 e. The van der Waals surface area contributed by atoms with Gasteiger partial charge in [-0.15, -0.1) is 0 Å². The Morgan fingerprint density at radius 1 is 1.37 bits per heavy atom. The fourth-order valence-corrected chi connectivity index (χ4v) is 4.07. The Balaban J connectivity index is 2.17. The van der Waals surface area contributed by atoms with Crippen LogP contribution in [0.25, 0.3) is 0 Å². The number of hydrogen-bond donors (Lipinski definition) is 1. The molecule has 2 N–H and O–H groups in total. The molecule has 1 aliphatic heterocycles. The smallest absolute Gasteiger partial charge is 0.238 e. The SMILES string of the molecule is NS(=O)(=O)c1cc(Br)c(OCC2CCCO2)c(Br)c1. The molecular formula is C11H13Br2NO4S. The Bertz CT molecular complexity index is 547. The van der Waals surface area contributed by atoms with Gasteiger partial charge in [-0.3, -0.25) is 0 Å². The third kappa shape index (κ3) is 3.91. The van der Waals surface area contributed by atoms with Crippen molar-refractivity contribution < 1.29 is 17.9 Å². The first kappa shape index (κ1) is 15.2. The van der Waals surface area contributed by atoms with Gasteiger partial charge in [0.25, 0.3) is 0 Å². The van der Waals surface area contributed by atoms with Crippen molar-refractivity contribution in [1.29, 1.82) is 0 Å². The fraction of sp³-hybridized carbons (Fsp3) is 0.455. The molecule has 2 rings (SSSR count). The van der Waals surface area contributed by atoms with Crippen LogP contribution in [0.5, 0.6) is 5.75 Å². The third-order valence-corrected chi connectivity index (χ3v) is 4.81. The third-order valence-electron chi connectivity index (χ3n) is 2.74. The van der Waals surface area contributed by atoms with Crippen LogP contribution in [0.15, 0.2) is 26.0 Å². The number of hydrogen-bond acceptors (Lipinski definition) is 4. The second-order valence-corrected chi connectivity index (χ2v) is 7.48. The quantitative estimate of drug-likeness (QED) is 0.820. The molecule has 0 amide bonds. The standard InChI is InChI=1S/C11H13Br2NO4S/c12-9-4-8(19(14,15)16)5-10(13)11(9)18-6-7-2-1-3-17-7/h4-5,7H,1-3,6H2,(H2,14,15,16).